The molecule has 6 heteroatoms. The smallest absolute Gasteiger partial charge is 0.319 e. The summed E-state index contributed by atoms with van der Waals surface area (Å²) in [4.78, 5) is 37.1. The molecular formula is C15H16FNO4. The van der Waals surface area contributed by atoms with E-state index in [0.717, 1.165) is 4.90 Å². The van der Waals surface area contributed by atoms with Crippen molar-refractivity contribution in [2.24, 2.45) is 5.92 Å². The highest BCUT2D eigenvalue weighted by Gasteiger charge is 2.45. The topological polar surface area (TPSA) is 63.7 Å². The zero-order chi connectivity index (χ0) is 15.6. The monoisotopic (exact) mass is 293 g/mol. The minimum Gasteiger partial charge on any atom is -0.465 e. The fourth-order valence-corrected chi connectivity index (χ4v) is 2.46. The Kier molecular flexibility index (Phi) is 4.35. The first-order chi connectivity index (χ1) is 9.95. The van der Waals surface area contributed by atoms with Crippen LogP contribution >= 0.6 is 0 Å². The number of hydrogen-bond donors (Lipinski definition) is 0. The third-order valence-corrected chi connectivity index (χ3v) is 3.61. The van der Waals surface area contributed by atoms with Crippen LogP contribution in [0.4, 0.5) is 4.39 Å². The van der Waals surface area contributed by atoms with Crippen molar-refractivity contribution in [1.29, 1.82) is 0 Å². The first-order valence-corrected chi connectivity index (χ1v) is 6.68. The van der Waals surface area contributed by atoms with Crippen LogP contribution in [0.5, 0.6) is 0 Å². The number of imide groups is 1. The van der Waals surface area contributed by atoms with Gasteiger partial charge in [-0.3, -0.25) is 19.3 Å². The van der Waals surface area contributed by atoms with E-state index < -0.39 is 29.5 Å². The molecule has 0 spiro atoms. The molecule has 1 fully saturated rings. The molecule has 112 valence electrons. The van der Waals surface area contributed by atoms with Gasteiger partial charge in [-0.1, -0.05) is 12.1 Å². The minimum atomic E-state index is -1.07. The summed E-state index contributed by atoms with van der Waals surface area (Å²) >= 11 is 0. The molecule has 1 aromatic carbocycles. The van der Waals surface area contributed by atoms with Crippen LogP contribution in [0.15, 0.2) is 24.3 Å². The van der Waals surface area contributed by atoms with Crippen LogP contribution in [0.3, 0.4) is 0 Å². The van der Waals surface area contributed by atoms with Gasteiger partial charge < -0.3 is 4.74 Å². The van der Waals surface area contributed by atoms with Crippen LogP contribution in [0.25, 0.3) is 0 Å². The molecule has 0 radical (unpaired) electrons. The highest BCUT2D eigenvalue weighted by molar-refractivity contribution is 6.08. The maximum absolute atomic E-state index is 13.0. The molecule has 1 aliphatic heterocycles. The number of carbonyl (C=O) groups is 3. The van der Waals surface area contributed by atoms with Gasteiger partial charge in [0.05, 0.1) is 6.61 Å². The highest BCUT2D eigenvalue weighted by atomic mass is 19.1. The van der Waals surface area contributed by atoms with Gasteiger partial charge in [0.15, 0.2) is 0 Å². The molecule has 0 bridgehead atoms. The van der Waals surface area contributed by atoms with E-state index in [0.29, 0.717) is 5.56 Å². The van der Waals surface area contributed by atoms with Crippen molar-refractivity contribution in [3.63, 3.8) is 0 Å². The Morgan fingerprint density at radius 2 is 1.95 bits per heavy atom. The Morgan fingerprint density at radius 3 is 2.52 bits per heavy atom. The van der Waals surface area contributed by atoms with Crippen LogP contribution in [-0.4, -0.2) is 36.3 Å². The van der Waals surface area contributed by atoms with Crippen molar-refractivity contribution < 1.29 is 23.5 Å². The molecule has 2 unspecified atom stereocenters. The van der Waals surface area contributed by atoms with E-state index in [4.69, 9.17) is 4.74 Å². The fraction of sp³-hybridized carbons (Fsp3) is 0.400. The third kappa shape index (κ3) is 2.94. The van der Waals surface area contributed by atoms with Crippen LogP contribution in [0.2, 0.25) is 0 Å². The lowest BCUT2D eigenvalue weighted by Crippen LogP contribution is -2.49. The van der Waals surface area contributed by atoms with Gasteiger partial charge in [0.1, 0.15) is 11.7 Å². The van der Waals surface area contributed by atoms with E-state index in [9.17, 15) is 18.8 Å². The van der Waals surface area contributed by atoms with Crippen molar-refractivity contribution in [3.8, 4) is 0 Å². The highest BCUT2D eigenvalue weighted by Crippen LogP contribution is 2.35. The molecule has 0 N–H and O–H groups in total. The van der Waals surface area contributed by atoms with Crippen LogP contribution < -0.4 is 0 Å². The molecule has 1 aromatic rings. The average Bonchev–Trinajstić information content (AvgIpc) is 2.45. The second-order valence-electron chi connectivity index (χ2n) is 4.88. The second-order valence-corrected chi connectivity index (χ2v) is 4.88. The van der Waals surface area contributed by atoms with Gasteiger partial charge in [0.2, 0.25) is 11.8 Å². The molecular weight excluding hydrogens is 277 g/mol. The first kappa shape index (κ1) is 15.2. The summed E-state index contributed by atoms with van der Waals surface area (Å²) in [7, 11) is 1.35. The molecule has 2 atom stereocenters. The number of ether oxygens (including phenoxy) is 1. The number of hydrogen-bond acceptors (Lipinski definition) is 4. The van der Waals surface area contributed by atoms with Gasteiger partial charge in [0.25, 0.3) is 0 Å². The lowest BCUT2D eigenvalue weighted by molar-refractivity contribution is -0.162. The summed E-state index contributed by atoms with van der Waals surface area (Å²) in [6.07, 6.45) is 0.0113. The molecule has 0 aliphatic carbocycles. The zero-order valence-corrected chi connectivity index (χ0v) is 11.8. The Balaban J connectivity index is 2.38. The summed E-state index contributed by atoms with van der Waals surface area (Å²) in [5, 5.41) is 0. The summed E-state index contributed by atoms with van der Waals surface area (Å²) < 4.78 is 18.0. The molecule has 5 nitrogen and oxygen atoms in total. The number of carbonyl (C=O) groups excluding carboxylic acids is 3. The van der Waals surface area contributed by atoms with Crippen molar-refractivity contribution in [3.05, 3.63) is 35.6 Å². The van der Waals surface area contributed by atoms with E-state index in [1.54, 1.807) is 6.92 Å². The number of esters is 1. The maximum atomic E-state index is 13.0. The van der Waals surface area contributed by atoms with Crippen LogP contribution in [0, 0.1) is 11.7 Å². The number of likely N-dealkylation sites (tertiary alicyclic amines) is 1. The Bertz CT molecular complexity index is 570. The molecule has 2 rings (SSSR count). The number of halogens is 1. The van der Waals surface area contributed by atoms with Gasteiger partial charge in [-0.15, -0.1) is 0 Å². The molecule has 1 saturated heterocycles. The van der Waals surface area contributed by atoms with Gasteiger partial charge in [-0.2, -0.15) is 0 Å². The van der Waals surface area contributed by atoms with Gasteiger partial charge >= 0.3 is 5.97 Å². The van der Waals surface area contributed by atoms with E-state index in [1.165, 1.54) is 31.3 Å². The van der Waals surface area contributed by atoms with Crippen molar-refractivity contribution in [1.82, 2.24) is 4.90 Å². The van der Waals surface area contributed by atoms with E-state index in [-0.39, 0.29) is 18.9 Å². The third-order valence-electron chi connectivity index (χ3n) is 3.61. The summed E-state index contributed by atoms with van der Waals surface area (Å²) in [6.45, 7) is 1.80. The zero-order valence-electron chi connectivity index (χ0n) is 11.8. The number of piperidine rings is 1. The lowest BCUT2D eigenvalue weighted by atomic mass is 9.79. The van der Waals surface area contributed by atoms with Gasteiger partial charge in [0, 0.05) is 19.4 Å². The van der Waals surface area contributed by atoms with Crippen molar-refractivity contribution in [2.75, 3.05) is 13.7 Å². The van der Waals surface area contributed by atoms with Crippen molar-refractivity contribution in [2.45, 2.75) is 19.3 Å². The lowest BCUT2D eigenvalue weighted by Gasteiger charge is -2.33. The fourth-order valence-electron chi connectivity index (χ4n) is 2.46. The first-order valence-electron chi connectivity index (χ1n) is 6.68. The van der Waals surface area contributed by atoms with E-state index >= 15 is 0 Å². The van der Waals surface area contributed by atoms with Crippen molar-refractivity contribution >= 4 is 17.8 Å². The Morgan fingerprint density at radius 1 is 1.33 bits per heavy atom. The molecule has 21 heavy (non-hydrogen) atoms. The van der Waals surface area contributed by atoms with Gasteiger partial charge in [-0.05, 0) is 24.6 Å². The molecule has 1 heterocycles. The molecule has 0 saturated carbocycles. The molecule has 2 amide bonds. The van der Waals surface area contributed by atoms with Gasteiger partial charge in [-0.25, -0.2) is 4.39 Å². The predicted molar refractivity (Wildman–Crippen MR) is 71.7 cm³/mol. The molecule has 0 aromatic heterocycles. The normalized spacial score (nSPS) is 22.3. The summed E-state index contributed by atoms with van der Waals surface area (Å²) in [5.41, 5.74) is 0.573. The van der Waals surface area contributed by atoms with E-state index in [2.05, 4.69) is 0 Å². The minimum absolute atomic E-state index is 0.0113. The molecule has 1 aliphatic rings. The average molecular weight is 293 g/mol. The number of nitrogens with zero attached hydrogens (tertiary/aromatic N) is 1. The largest absolute Gasteiger partial charge is 0.465 e. The Labute approximate surface area is 121 Å². The summed E-state index contributed by atoms with van der Waals surface area (Å²) in [6, 6.07) is 5.45. The number of rotatable bonds is 3. The number of amides is 2. The Hall–Kier alpha value is -2.24. The predicted octanol–water partition coefficient (Wildman–Crippen LogP) is 1.48. The second kappa shape index (κ2) is 6.03. The number of benzene rings is 1. The SMILES string of the molecule is CCOC(=O)C1C(=O)N(C)C(=O)CC1c1ccc(F)cc1. The maximum Gasteiger partial charge on any atom is 0.319 e. The van der Waals surface area contributed by atoms with Crippen LogP contribution in [-0.2, 0) is 19.1 Å². The quantitative estimate of drug-likeness (QED) is 0.481. The summed E-state index contributed by atoms with van der Waals surface area (Å²) in [5.74, 6) is -3.72. The van der Waals surface area contributed by atoms with Crippen LogP contribution in [0.1, 0.15) is 24.8 Å². The standard InChI is InChI=1S/C15H16FNO4/c1-3-21-15(20)13-11(8-12(18)17(2)14(13)19)9-4-6-10(16)7-5-9/h4-7,11,13H,3,8H2,1-2H3. The van der Waals surface area contributed by atoms with E-state index in [1.807, 2.05) is 0 Å².